The van der Waals surface area contributed by atoms with Crippen molar-refractivity contribution in [3.8, 4) is 5.75 Å². The molecule has 1 atom stereocenters. The SMILES string of the molecule is COc1ccccc1NCC(c1ccccc1)N1CCCC1. The third-order valence-corrected chi connectivity index (χ3v) is 4.36. The minimum Gasteiger partial charge on any atom is -0.495 e. The molecule has 1 aliphatic heterocycles. The first-order valence-corrected chi connectivity index (χ1v) is 8.04. The van der Waals surface area contributed by atoms with Gasteiger partial charge in [-0.1, -0.05) is 42.5 Å². The maximum Gasteiger partial charge on any atom is 0.141 e. The monoisotopic (exact) mass is 296 g/mol. The standard InChI is InChI=1S/C19H24N2O/c1-22-19-12-6-5-11-17(19)20-15-18(21-13-7-8-14-21)16-9-3-2-4-10-16/h2-6,9-12,18,20H,7-8,13-15H2,1H3. The number of hydrogen-bond donors (Lipinski definition) is 1. The van der Waals surface area contributed by atoms with Gasteiger partial charge in [0.15, 0.2) is 0 Å². The van der Waals surface area contributed by atoms with E-state index in [4.69, 9.17) is 4.74 Å². The highest BCUT2D eigenvalue weighted by molar-refractivity contribution is 5.56. The Morgan fingerprint density at radius 3 is 2.41 bits per heavy atom. The summed E-state index contributed by atoms with van der Waals surface area (Å²) in [6.45, 7) is 3.27. The van der Waals surface area contributed by atoms with Gasteiger partial charge in [0.1, 0.15) is 5.75 Å². The molecule has 0 aromatic heterocycles. The van der Waals surface area contributed by atoms with Gasteiger partial charge in [0.2, 0.25) is 0 Å². The van der Waals surface area contributed by atoms with Gasteiger partial charge in [-0.05, 0) is 43.6 Å². The van der Waals surface area contributed by atoms with Gasteiger partial charge in [0, 0.05) is 6.54 Å². The van der Waals surface area contributed by atoms with Gasteiger partial charge in [-0.15, -0.1) is 0 Å². The number of anilines is 1. The second-order valence-corrected chi connectivity index (χ2v) is 5.75. The largest absolute Gasteiger partial charge is 0.495 e. The van der Waals surface area contributed by atoms with Gasteiger partial charge in [-0.2, -0.15) is 0 Å². The molecular weight excluding hydrogens is 272 g/mol. The third-order valence-electron chi connectivity index (χ3n) is 4.36. The number of rotatable bonds is 6. The van der Waals surface area contributed by atoms with Crippen LogP contribution in [0.4, 0.5) is 5.69 Å². The first kappa shape index (κ1) is 14.9. The quantitative estimate of drug-likeness (QED) is 0.873. The number of methoxy groups -OCH3 is 1. The van der Waals surface area contributed by atoms with E-state index in [-0.39, 0.29) is 0 Å². The minimum atomic E-state index is 0.411. The smallest absolute Gasteiger partial charge is 0.141 e. The van der Waals surface area contributed by atoms with Crippen LogP contribution in [-0.4, -0.2) is 31.6 Å². The maximum absolute atomic E-state index is 5.43. The molecule has 1 fully saturated rings. The topological polar surface area (TPSA) is 24.5 Å². The summed E-state index contributed by atoms with van der Waals surface area (Å²) in [5.74, 6) is 0.899. The van der Waals surface area contributed by atoms with Crippen LogP contribution in [0.25, 0.3) is 0 Å². The fourth-order valence-corrected chi connectivity index (χ4v) is 3.18. The number of hydrogen-bond acceptors (Lipinski definition) is 3. The normalized spacial score (nSPS) is 16.4. The van der Waals surface area contributed by atoms with E-state index in [9.17, 15) is 0 Å². The summed E-state index contributed by atoms with van der Waals surface area (Å²) in [6.07, 6.45) is 2.61. The average molecular weight is 296 g/mol. The average Bonchev–Trinajstić information content (AvgIpc) is 3.11. The Bertz CT molecular complexity index is 579. The van der Waals surface area contributed by atoms with Crippen LogP contribution in [0, 0.1) is 0 Å². The Morgan fingerprint density at radius 1 is 1.00 bits per heavy atom. The highest BCUT2D eigenvalue weighted by Gasteiger charge is 2.23. The van der Waals surface area contributed by atoms with Crippen molar-refractivity contribution in [1.82, 2.24) is 4.90 Å². The van der Waals surface area contributed by atoms with E-state index >= 15 is 0 Å². The van der Waals surface area contributed by atoms with E-state index in [1.165, 1.54) is 31.5 Å². The number of nitrogens with one attached hydrogen (secondary N) is 1. The Labute approximate surface area is 132 Å². The number of nitrogens with zero attached hydrogens (tertiary/aromatic N) is 1. The number of para-hydroxylation sites is 2. The highest BCUT2D eigenvalue weighted by atomic mass is 16.5. The lowest BCUT2D eigenvalue weighted by Crippen LogP contribution is -2.31. The van der Waals surface area contributed by atoms with E-state index in [1.54, 1.807) is 7.11 Å². The van der Waals surface area contributed by atoms with Crippen molar-refractivity contribution >= 4 is 5.69 Å². The summed E-state index contributed by atoms with van der Waals surface area (Å²) >= 11 is 0. The van der Waals surface area contributed by atoms with E-state index in [0.717, 1.165) is 18.0 Å². The van der Waals surface area contributed by atoms with Crippen molar-refractivity contribution in [2.45, 2.75) is 18.9 Å². The molecule has 1 heterocycles. The van der Waals surface area contributed by atoms with Crippen LogP contribution >= 0.6 is 0 Å². The summed E-state index contributed by atoms with van der Waals surface area (Å²) in [5.41, 5.74) is 2.44. The van der Waals surface area contributed by atoms with E-state index < -0.39 is 0 Å². The van der Waals surface area contributed by atoms with Gasteiger partial charge in [0.25, 0.3) is 0 Å². The van der Waals surface area contributed by atoms with Crippen LogP contribution in [0.5, 0.6) is 5.75 Å². The van der Waals surface area contributed by atoms with Gasteiger partial charge >= 0.3 is 0 Å². The second-order valence-electron chi connectivity index (χ2n) is 5.75. The predicted octanol–water partition coefficient (Wildman–Crippen LogP) is 3.94. The lowest BCUT2D eigenvalue weighted by molar-refractivity contribution is 0.256. The van der Waals surface area contributed by atoms with Crippen molar-refractivity contribution in [3.63, 3.8) is 0 Å². The van der Waals surface area contributed by atoms with Gasteiger partial charge in [-0.25, -0.2) is 0 Å². The summed E-state index contributed by atoms with van der Waals surface area (Å²) in [5, 5.41) is 3.57. The van der Waals surface area contributed by atoms with Gasteiger partial charge in [0.05, 0.1) is 18.8 Å². The maximum atomic E-state index is 5.43. The molecule has 2 aromatic rings. The lowest BCUT2D eigenvalue weighted by atomic mass is 10.1. The van der Waals surface area contributed by atoms with Gasteiger partial charge < -0.3 is 10.1 Å². The molecule has 116 valence electrons. The predicted molar refractivity (Wildman–Crippen MR) is 91.5 cm³/mol. The molecule has 0 amide bonds. The van der Waals surface area contributed by atoms with Crippen molar-refractivity contribution in [2.24, 2.45) is 0 Å². The second kappa shape index (κ2) is 7.32. The summed E-state index contributed by atoms with van der Waals surface area (Å²) < 4.78 is 5.43. The fraction of sp³-hybridized carbons (Fsp3) is 0.368. The Kier molecular flexibility index (Phi) is 4.96. The van der Waals surface area contributed by atoms with Crippen LogP contribution < -0.4 is 10.1 Å². The van der Waals surface area contributed by atoms with Crippen LogP contribution in [0.2, 0.25) is 0 Å². The van der Waals surface area contributed by atoms with Crippen molar-refractivity contribution < 1.29 is 4.74 Å². The Balaban J connectivity index is 1.75. The van der Waals surface area contributed by atoms with Crippen molar-refractivity contribution in [1.29, 1.82) is 0 Å². The van der Waals surface area contributed by atoms with E-state index in [0.29, 0.717) is 6.04 Å². The third kappa shape index (κ3) is 3.42. The van der Waals surface area contributed by atoms with Gasteiger partial charge in [-0.3, -0.25) is 4.90 Å². The summed E-state index contributed by atoms with van der Waals surface area (Å²) in [7, 11) is 1.72. The van der Waals surface area contributed by atoms with Crippen LogP contribution in [-0.2, 0) is 0 Å². The molecule has 1 unspecified atom stereocenters. The number of ether oxygens (including phenoxy) is 1. The Morgan fingerprint density at radius 2 is 1.68 bits per heavy atom. The molecule has 1 aliphatic rings. The van der Waals surface area contributed by atoms with Crippen molar-refractivity contribution in [3.05, 3.63) is 60.2 Å². The molecule has 0 bridgehead atoms. The summed E-state index contributed by atoms with van der Waals surface area (Å²) in [4.78, 5) is 2.58. The van der Waals surface area contributed by atoms with E-state index in [1.807, 2.05) is 18.2 Å². The molecule has 0 saturated carbocycles. The van der Waals surface area contributed by atoms with Crippen LogP contribution in [0.15, 0.2) is 54.6 Å². The molecule has 3 heteroatoms. The molecule has 0 spiro atoms. The zero-order valence-corrected chi connectivity index (χ0v) is 13.2. The summed E-state index contributed by atoms with van der Waals surface area (Å²) in [6, 6.07) is 19.3. The molecule has 0 radical (unpaired) electrons. The molecule has 1 saturated heterocycles. The lowest BCUT2D eigenvalue weighted by Gasteiger charge is -2.29. The Hall–Kier alpha value is -2.00. The number of likely N-dealkylation sites (tertiary alicyclic amines) is 1. The molecule has 2 aromatic carbocycles. The zero-order valence-electron chi connectivity index (χ0n) is 13.2. The fourth-order valence-electron chi connectivity index (χ4n) is 3.18. The first-order valence-electron chi connectivity index (χ1n) is 8.04. The van der Waals surface area contributed by atoms with Crippen molar-refractivity contribution in [2.75, 3.05) is 32.1 Å². The zero-order chi connectivity index (χ0) is 15.2. The molecular formula is C19H24N2O. The van der Waals surface area contributed by atoms with E-state index in [2.05, 4.69) is 46.6 Å². The molecule has 3 nitrogen and oxygen atoms in total. The number of benzene rings is 2. The highest BCUT2D eigenvalue weighted by Crippen LogP contribution is 2.28. The molecule has 0 aliphatic carbocycles. The first-order chi connectivity index (χ1) is 10.9. The molecule has 22 heavy (non-hydrogen) atoms. The molecule has 3 rings (SSSR count). The minimum absolute atomic E-state index is 0.411. The molecule has 1 N–H and O–H groups in total. The van der Waals surface area contributed by atoms with Crippen LogP contribution in [0.3, 0.4) is 0 Å². The van der Waals surface area contributed by atoms with Crippen LogP contribution in [0.1, 0.15) is 24.4 Å².